The second-order valence-electron chi connectivity index (χ2n) is 6.28. The number of benzene rings is 1. The molecule has 0 saturated carbocycles. The average molecular weight is 328 g/mol. The van der Waals surface area contributed by atoms with Crippen LogP contribution in [0.15, 0.2) is 36.5 Å². The molecule has 1 aromatic heterocycles. The zero-order chi connectivity index (χ0) is 16.8. The van der Waals surface area contributed by atoms with E-state index in [9.17, 15) is 4.79 Å². The number of rotatable bonds is 6. The van der Waals surface area contributed by atoms with Crippen LogP contribution in [0, 0.1) is 0 Å². The van der Waals surface area contributed by atoms with E-state index in [1.54, 1.807) is 22.8 Å². The SMILES string of the molecule is CN(CC1CCCCO1)C(=O)c1cn(CCc2ccccc2)nn1. The molecule has 1 aromatic carbocycles. The van der Waals surface area contributed by atoms with Gasteiger partial charge in [-0.3, -0.25) is 9.48 Å². The minimum absolute atomic E-state index is 0.102. The smallest absolute Gasteiger partial charge is 0.275 e. The van der Waals surface area contributed by atoms with Crippen molar-refractivity contribution in [3.63, 3.8) is 0 Å². The van der Waals surface area contributed by atoms with E-state index < -0.39 is 0 Å². The molecule has 1 amide bonds. The Balaban J connectivity index is 1.52. The van der Waals surface area contributed by atoms with Gasteiger partial charge in [0.25, 0.3) is 5.91 Å². The van der Waals surface area contributed by atoms with Crippen molar-refractivity contribution < 1.29 is 9.53 Å². The highest BCUT2D eigenvalue weighted by Crippen LogP contribution is 2.14. The molecule has 128 valence electrons. The molecule has 1 fully saturated rings. The monoisotopic (exact) mass is 328 g/mol. The summed E-state index contributed by atoms with van der Waals surface area (Å²) in [5, 5.41) is 8.09. The third-order valence-electron chi connectivity index (χ3n) is 4.33. The maximum Gasteiger partial charge on any atom is 0.275 e. The molecule has 1 aliphatic rings. The van der Waals surface area contributed by atoms with Gasteiger partial charge in [-0.1, -0.05) is 35.5 Å². The highest BCUT2D eigenvalue weighted by atomic mass is 16.5. The van der Waals surface area contributed by atoms with Gasteiger partial charge < -0.3 is 9.64 Å². The van der Waals surface area contributed by atoms with Gasteiger partial charge in [0.1, 0.15) is 0 Å². The van der Waals surface area contributed by atoms with Gasteiger partial charge in [-0.2, -0.15) is 0 Å². The number of carbonyl (C=O) groups excluding carboxylic acids is 1. The van der Waals surface area contributed by atoms with Crippen LogP contribution >= 0.6 is 0 Å². The molecule has 1 unspecified atom stereocenters. The van der Waals surface area contributed by atoms with Crippen LogP contribution < -0.4 is 0 Å². The first-order chi connectivity index (χ1) is 11.7. The Morgan fingerprint density at radius 2 is 2.17 bits per heavy atom. The molecule has 1 saturated heterocycles. The number of aromatic nitrogens is 3. The normalized spacial score (nSPS) is 17.6. The Hall–Kier alpha value is -2.21. The molecule has 0 aliphatic carbocycles. The maximum absolute atomic E-state index is 12.5. The predicted octanol–water partition coefficient (Wildman–Crippen LogP) is 2.16. The number of ether oxygens (including phenoxy) is 1. The van der Waals surface area contributed by atoms with E-state index in [2.05, 4.69) is 22.4 Å². The summed E-state index contributed by atoms with van der Waals surface area (Å²) in [6.45, 7) is 2.11. The van der Waals surface area contributed by atoms with Gasteiger partial charge in [0.05, 0.1) is 12.3 Å². The molecule has 3 rings (SSSR count). The summed E-state index contributed by atoms with van der Waals surface area (Å²) in [5.74, 6) is -0.102. The Kier molecular flexibility index (Phi) is 5.59. The van der Waals surface area contributed by atoms with E-state index in [4.69, 9.17) is 4.74 Å². The largest absolute Gasteiger partial charge is 0.376 e. The second kappa shape index (κ2) is 8.06. The molecule has 6 heteroatoms. The van der Waals surface area contributed by atoms with Crippen molar-refractivity contribution in [2.45, 2.75) is 38.3 Å². The van der Waals surface area contributed by atoms with Gasteiger partial charge in [0.15, 0.2) is 5.69 Å². The Labute approximate surface area is 142 Å². The van der Waals surface area contributed by atoms with Crippen molar-refractivity contribution in [2.24, 2.45) is 0 Å². The van der Waals surface area contributed by atoms with Crippen molar-refractivity contribution in [3.8, 4) is 0 Å². The van der Waals surface area contributed by atoms with Crippen LogP contribution in [0.1, 0.15) is 35.3 Å². The molecule has 0 spiro atoms. The minimum atomic E-state index is -0.102. The predicted molar refractivity (Wildman–Crippen MR) is 90.7 cm³/mol. The first-order valence-electron chi connectivity index (χ1n) is 8.53. The molecular weight excluding hydrogens is 304 g/mol. The lowest BCUT2D eigenvalue weighted by atomic mass is 10.1. The third-order valence-corrected chi connectivity index (χ3v) is 4.33. The fourth-order valence-corrected chi connectivity index (χ4v) is 2.93. The number of nitrogens with zero attached hydrogens (tertiary/aromatic N) is 4. The molecule has 2 heterocycles. The van der Waals surface area contributed by atoms with Crippen molar-refractivity contribution in [1.29, 1.82) is 0 Å². The summed E-state index contributed by atoms with van der Waals surface area (Å²) < 4.78 is 7.42. The van der Waals surface area contributed by atoms with E-state index >= 15 is 0 Å². The van der Waals surface area contributed by atoms with Gasteiger partial charge in [-0.15, -0.1) is 5.10 Å². The molecule has 2 aromatic rings. The van der Waals surface area contributed by atoms with Crippen molar-refractivity contribution in [2.75, 3.05) is 20.2 Å². The Morgan fingerprint density at radius 1 is 1.33 bits per heavy atom. The zero-order valence-corrected chi connectivity index (χ0v) is 14.1. The van der Waals surface area contributed by atoms with E-state index in [0.29, 0.717) is 18.8 Å². The molecule has 1 aliphatic heterocycles. The summed E-state index contributed by atoms with van der Waals surface area (Å²) >= 11 is 0. The van der Waals surface area contributed by atoms with Gasteiger partial charge in [-0.05, 0) is 31.2 Å². The van der Waals surface area contributed by atoms with E-state index in [0.717, 1.165) is 25.9 Å². The standard InChI is InChI=1S/C18H24N4O2/c1-21(13-16-9-5-6-12-24-16)18(23)17-14-22(20-19-17)11-10-15-7-3-2-4-8-15/h2-4,7-8,14,16H,5-6,9-13H2,1H3. The first-order valence-corrected chi connectivity index (χ1v) is 8.53. The lowest BCUT2D eigenvalue weighted by Crippen LogP contribution is -2.37. The molecule has 6 nitrogen and oxygen atoms in total. The van der Waals surface area contributed by atoms with Gasteiger partial charge in [0, 0.05) is 26.7 Å². The van der Waals surface area contributed by atoms with Gasteiger partial charge in [-0.25, -0.2) is 0 Å². The average Bonchev–Trinajstić information content (AvgIpc) is 3.10. The van der Waals surface area contributed by atoms with Crippen molar-refractivity contribution >= 4 is 5.91 Å². The highest BCUT2D eigenvalue weighted by Gasteiger charge is 2.21. The highest BCUT2D eigenvalue weighted by molar-refractivity contribution is 5.91. The van der Waals surface area contributed by atoms with E-state index in [1.807, 2.05) is 18.2 Å². The zero-order valence-electron chi connectivity index (χ0n) is 14.1. The van der Waals surface area contributed by atoms with E-state index in [-0.39, 0.29) is 12.0 Å². The van der Waals surface area contributed by atoms with Crippen molar-refractivity contribution in [3.05, 3.63) is 47.8 Å². The second-order valence-corrected chi connectivity index (χ2v) is 6.28. The van der Waals surface area contributed by atoms with Crippen LogP contribution in [-0.2, 0) is 17.7 Å². The number of carbonyl (C=O) groups is 1. The Bertz CT molecular complexity index is 650. The molecule has 0 radical (unpaired) electrons. The number of hydrogen-bond donors (Lipinski definition) is 0. The van der Waals surface area contributed by atoms with Crippen LogP contribution in [-0.4, -0.2) is 52.1 Å². The molecule has 24 heavy (non-hydrogen) atoms. The van der Waals surface area contributed by atoms with Crippen LogP contribution in [0.25, 0.3) is 0 Å². The molecule has 0 N–H and O–H groups in total. The lowest BCUT2D eigenvalue weighted by molar-refractivity contribution is -0.000293. The quantitative estimate of drug-likeness (QED) is 0.815. The van der Waals surface area contributed by atoms with E-state index in [1.165, 1.54) is 12.0 Å². The summed E-state index contributed by atoms with van der Waals surface area (Å²) in [4.78, 5) is 14.1. The van der Waals surface area contributed by atoms with Crippen LogP contribution in [0.5, 0.6) is 0 Å². The number of likely N-dealkylation sites (N-methyl/N-ethyl adjacent to an activating group) is 1. The number of aryl methyl sites for hydroxylation is 2. The third kappa shape index (κ3) is 4.41. The summed E-state index contributed by atoms with van der Waals surface area (Å²) in [6.07, 6.45) is 6.03. The molecule has 0 bridgehead atoms. The van der Waals surface area contributed by atoms with Crippen LogP contribution in [0.3, 0.4) is 0 Å². The summed E-state index contributed by atoms with van der Waals surface area (Å²) in [6, 6.07) is 10.2. The number of amides is 1. The van der Waals surface area contributed by atoms with Gasteiger partial charge in [0.2, 0.25) is 0 Å². The fourth-order valence-electron chi connectivity index (χ4n) is 2.93. The lowest BCUT2D eigenvalue weighted by Gasteiger charge is -2.26. The van der Waals surface area contributed by atoms with Gasteiger partial charge >= 0.3 is 0 Å². The fraction of sp³-hybridized carbons (Fsp3) is 0.500. The first kappa shape index (κ1) is 16.6. The summed E-state index contributed by atoms with van der Waals surface area (Å²) in [5.41, 5.74) is 1.63. The van der Waals surface area contributed by atoms with Crippen LogP contribution in [0.2, 0.25) is 0 Å². The molecular formula is C18H24N4O2. The van der Waals surface area contributed by atoms with Crippen molar-refractivity contribution in [1.82, 2.24) is 19.9 Å². The minimum Gasteiger partial charge on any atom is -0.376 e. The topological polar surface area (TPSA) is 60.2 Å². The molecule has 1 atom stereocenters. The summed E-state index contributed by atoms with van der Waals surface area (Å²) in [7, 11) is 1.79. The van der Waals surface area contributed by atoms with Crippen LogP contribution in [0.4, 0.5) is 0 Å². The number of hydrogen-bond acceptors (Lipinski definition) is 4. The Morgan fingerprint density at radius 3 is 2.92 bits per heavy atom. The maximum atomic E-state index is 12.5.